The van der Waals surface area contributed by atoms with Crippen molar-refractivity contribution in [2.24, 2.45) is 0 Å². The van der Waals surface area contributed by atoms with Gasteiger partial charge in [-0.25, -0.2) is 4.79 Å². The van der Waals surface area contributed by atoms with Gasteiger partial charge in [-0.05, 0) is 22.8 Å². The number of carbonyl (C=O) groups excluding carboxylic acids is 2. The third kappa shape index (κ3) is 6.29. The zero-order valence-electron chi connectivity index (χ0n) is 17.8. The zero-order valence-corrected chi connectivity index (χ0v) is 17.8. The number of nitrogens with zero attached hydrogens (tertiary/aromatic N) is 2. The largest absolute Gasteiger partial charge is 0.493 e. The normalized spacial score (nSPS) is 16.4. The van der Waals surface area contributed by atoms with Gasteiger partial charge in [0.15, 0.2) is 0 Å². The third-order valence-electron chi connectivity index (χ3n) is 5.83. The first-order valence-corrected chi connectivity index (χ1v) is 11.0. The second-order valence-electron chi connectivity index (χ2n) is 8.12. The van der Waals surface area contributed by atoms with E-state index in [9.17, 15) is 9.59 Å². The molecule has 0 atom stereocenters. The lowest BCUT2D eigenvalue weighted by Crippen LogP contribution is -2.47. The van der Waals surface area contributed by atoms with Crippen LogP contribution in [-0.4, -0.2) is 61.1 Å². The van der Waals surface area contributed by atoms with Gasteiger partial charge in [0.2, 0.25) is 5.91 Å². The van der Waals surface area contributed by atoms with E-state index in [0.29, 0.717) is 19.5 Å². The summed E-state index contributed by atoms with van der Waals surface area (Å²) in [6, 6.07) is 15.7. The molecule has 7 nitrogen and oxygen atoms in total. The molecule has 0 bridgehead atoms. The van der Waals surface area contributed by atoms with Crippen molar-refractivity contribution < 1.29 is 14.3 Å². The van der Waals surface area contributed by atoms with E-state index in [4.69, 9.17) is 4.74 Å². The maximum atomic E-state index is 12.1. The standard InChI is InChI=1S/C24H30N4O3/c29-23(26-24(30)25-17-19-4-2-1-3-5-19)8-10-27-11-13-28(14-12-27)18-20-6-7-22-21(16-20)9-15-31-22/h1-7,16H,8-15,17-18H2,(H2,25,26,29,30). The van der Waals surface area contributed by atoms with Crippen LogP contribution in [0.25, 0.3) is 0 Å². The van der Waals surface area contributed by atoms with Crippen LogP contribution in [0, 0.1) is 0 Å². The number of amides is 3. The van der Waals surface area contributed by atoms with Gasteiger partial charge >= 0.3 is 6.03 Å². The van der Waals surface area contributed by atoms with Crippen molar-refractivity contribution in [2.75, 3.05) is 39.3 Å². The molecule has 2 aromatic carbocycles. The van der Waals surface area contributed by atoms with Crippen LogP contribution in [0.5, 0.6) is 5.75 Å². The van der Waals surface area contributed by atoms with E-state index in [1.807, 2.05) is 30.3 Å². The van der Waals surface area contributed by atoms with Gasteiger partial charge in [0, 0.05) is 58.7 Å². The van der Waals surface area contributed by atoms with E-state index in [1.165, 1.54) is 11.1 Å². The molecule has 0 saturated carbocycles. The van der Waals surface area contributed by atoms with Crippen molar-refractivity contribution >= 4 is 11.9 Å². The van der Waals surface area contributed by atoms with E-state index >= 15 is 0 Å². The average Bonchev–Trinajstić information content (AvgIpc) is 3.26. The molecule has 0 radical (unpaired) electrons. The molecule has 31 heavy (non-hydrogen) atoms. The van der Waals surface area contributed by atoms with E-state index < -0.39 is 6.03 Å². The monoisotopic (exact) mass is 422 g/mol. The Morgan fingerprint density at radius 3 is 2.52 bits per heavy atom. The van der Waals surface area contributed by atoms with Crippen LogP contribution in [0.3, 0.4) is 0 Å². The van der Waals surface area contributed by atoms with Gasteiger partial charge < -0.3 is 15.0 Å². The number of rotatable bonds is 7. The lowest BCUT2D eigenvalue weighted by molar-refractivity contribution is -0.120. The highest BCUT2D eigenvalue weighted by molar-refractivity contribution is 5.94. The summed E-state index contributed by atoms with van der Waals surface area (Å²) in [6.07, 6.45) is 1.33. The molecule has 2 aliphatic heterocycles. The summed E-state index contributed by atoms with van der Waals surface area (Å²) in [7, 11) is 0. The average molecular weight is 423 g/mol. The highest BCUT2D eigenvalue weighted by atomic mass is 16.5. The number of urea groups is 1. The molecule has 164 valence electrons. The van der Waals surface area contributed by atoms with Crippen LogP contribution in [0.15, 0.2) is 48.5 Å². The molecule has 3 amide bonds. The maximum Gasteiger partial charge on any atom is 0.321 e. The lowest BCUT2D eigenvalue weighted by Gasteiger charge is -2.34. The Labute approximate surface area is 183 Å². The van der Waals surface area contributed by atoms with Crippen molar-refractivity contribution in [2.45, 2.75) is 25.9 Å². The molecule has 7 heteroatoms. The number of hydrogen-bond acceptors (Lipinski definition) is 5. The molecule has 0 aliphatic carbocycles. The second kappa shape index (κ2) is 10.4. The molecule has 2 heterocycles. The summed E-state index contributed by atoms with van der Waals surface area (Å²) in [4.78, 5) is 28.7. The summed E-state index contributed by atoms with van der Waals surface area (Å²) in [5, 5.41) is 5.13. The summed E-state index contributed by atoms with van der Waals surface area (Å²) in [5.74, 6) is 0.786. The van der Waals surface area contributed by atoms with Crippen LogP contribution in [-0.2, 0) is 24.3 Å². The van der Waals surface area contributed by atoms with Crippen molar-refractivity contribution in [3.05, 3.63) is 65.2 Å². The highest BCUT2D eigenvalue weighted by Crippen LogP contribution is 2.26. The number of benzene rings is 2. The second-order valence-corrected chi connectivity index (χ2v) is 8.12. The Bertz CT molecular complexity index is 895. The smallest absolute Gasteiger partial charge is 0.321 e. The maximum absolute atomic E-state index is 12.1. The number of piperazine rings is 1. The van der Waals surface area contributed by atoms with Crippen LogP contribution < -0.4 is 15.4 Å². The minimum Gasteiger partial charge on any atom is -0.493 e. The first-order valence-electron chi connectivity index (χ1n) is 11.0. The SMILES string of the molecule is O=C(CCN1CCN(Cc2ccc3c(c2)CCO3)CC1)NC(=O)NCc1ccccc1. The number of carbonyl (C=O) groups is 2. The van der Waals surface area contributed by atoms with E-state index in [2.05, 4.69) is 38.6 Å². The number of nitrogens with one attached hydrogen (secondary N) is 2. The van der Waals surface area contributed by atoms with Gasteiger partial charge in [-0.1, -0.05) is 42.5 Å². The van der Waals surface area contributed by atoms with E-state index in [0.717, 1.165) is 57.1 Å². The first kappa shape index (κ1) is 21.3. The summed E-state index contributed by atoms with van der Waals surface area (Å²) in [5.41, 5.74) is 3.64. The van der Waals surface area contributed by atoms with Crippen LogP contribution in [0.1, 0.15) is 23.1 Å². The Balaban J connectivity index is 1.11. The lowest BCUT2D eigenvalue weighted by atomic mass is 10.1. The molecule has 2 aliphatic rings. The quantitative estimate of drug-likeness (QED) is 0.715. The molecule has 1 saturated heterocycles. The van der Waals surface area contributed by atoms with Crippen LogP contribution >= 0.6 is 0 Å². The van der Waals surface area contributed by atoms with E-state index in [-0.39, 0.29) is 5.91 Å². The van der Waals surface area contributed by atoms with Gasteiger partial charge in [-0.15, -0.1) is 0 Å². The van der Waals surface area contributed by atoms with Crippen molar-refractivity contribution in [1.82, 2.24) is 20.4 Å². The molecule has 4 rings (SSSR count). The molecule has 1 fully saturated rings. The van der Waals surface area contributed by atoms with Crippen molar-refractivity contribution in [3.63, 3.8) is 0 Å². The number of fused-ring (bicyclic) bond motifs is 1. The third-order valence-corrected chi connectivity index (χ3v) is 5.83. The molecule has 2 N–H and O–H groups in total. The highest BCUT2D eigenvalue weighted by Gasteiger charge is 2.19. The number of imide groups is 1. The number of ether oxygens (including phenoxy) is 1. The summed E-state index contributed by atoms with van der Waals surface area (Å²) >= 11 is 0. The van der Waals surface area contributed by atoms with E-state index in [1.54, 1.807) is 0 Å². The fourth-order valence-corrected chi connectivity index (χ4v) is 4.04. The van der Waals surface area contributed by atoms with Gasteiger partial charge in [0.1, 0.15) is 5.75 Å². The topological polar surface area (TPSA) is 73.9 Å². The fraction of sp³-hybridized carbons (Fsp3) is 0.417. The van der Waals surface area contributed by atoms with Gasteiger partial charge in [0.25, 0.3) is 0 Å². The van der Waals surface area contributed by atoms with Crippen molar-refractivity contribution in [3.8, 4) is 5.75 Å². The Kier molecular flexibility index (Phi) is 7.17. The Morgan fingerprint density at radius 2 is 1.71 bits per heavy atom. The summed E-state index contributed by atoms with van der Waals surface area (Å²) < 4.78 is 5.58. The minimum absolute atomic E-state index is 0.242. The predicted octanol–water partition coefficient (Wildman–Crippen LogP) is 2.16. The molecular weight excluding hydrogens is 392 g/mol. The molecule has 0 spiro atoms. The molecule has 0 aromatic heterocycles. The Morgan fingerprint density at radius 1 is 0.935 bits per heavy atom. The van der Waals surface area contributed by atoms with Gasteiger partial charge in [-0.3, -0.25) is 15.0 Å². The molecule has 2 aromatic rings. The zero-order chi connectivity index (χ0) is 21.5. The molecular formula is C24H30N4O3. The van der Waals surface area contributed by atoms with Crippen molar-refractivity contribution in [1.29, 1.82) is 0 Å². The van der Waals surface area contributed by atoms with Gasteiger partial charge in [0.05, 0.1) is 6.61 Å². The fourth-order valence-electron chi connectivity index (χ4n) is 4.04. The first-order chi connectivity index (χ1) is 15.2. The summed E-state index contributed by atoms with van der Waals surface area (Å²) in [6.45, 7) is 6.63. The number of hydrogen-bond donors (Lipinski definition) is 2. The molecule has 0 unspecified atom stereocenters. The minimum atomic E-state index is -0.446. The van der Waals surface area contributed by atoms with Crippen LogP contribution in [0.4, 0.5) is 4.79 Å². The van der Waals surface area contributed by atoms with Gasteiger partial charge in [-0.2, -0.15) is 0 Å². The Hall–Kier alpha value is -2.90. The van der Waals surface area contributed by atoms with Crippen LogP contribution in [0.2, 0.25) is 0 Å². The predicted molar refractivity (Wildman–Crippen MR) is 119 cm³/mol.